The Morgan fingerprint density at radius 3 is 2.73 bits per heavy atom. The van der Waals surface area contributed by atoms with E-state index in [-0.39, 0.29) is 12.2 Å². The average Bonchev–Trinajstić information content (AvgIpc) is 2.36. The molecule has 0 bridgehead atoms. The Balaban J connectivity index is 2.45. The molecule has 0 atom stereocenters. The maximum absolute atomic E-state index is 12.8. The Labute approximate surface area is 130 Å². The maximum atomic E-state index is 12.8. The Bertz CT molecular complexity index is 724. The first-order chi connectivity index (χ1) is 10.3. The van der Waals surface area contributed by atoms with Crippen LogP contribution in [-0.2, 0) is 11.2 Å². The van der Waals surface area contributed by atoms with Gasteiger partial charge in [0.2, 0.25) is 5.78 Å². The molecule has 1 N–H and O–H groups in total. The highest BCUT2D eigenvalue weighted by Crippen LogP contribution is 2.34. The van der Waals surface area contributed by atoms with Crippen molar-refractivity contribution in [2.75, 3.05) is 0 Å². The second kappa shape index (κ2) is 5.72. The van der Waals surface area contributed by atoms with E-state index in [1.165, 1.54) is 0 Å². The molecular weight excluding hydrogens is 278 g/mol. The van der Waals surface area contributed by atoms with Gasteiger partial charge in [0.05, 0.1) is 6.07 Å². The Hall–Kier alpha value is -2.48. The Kier molecular flexibility index (Phi) is 4.14. The van der Waals surface area contributed by atoms with Crippen molar-refractivity contribution in [2.24, 2.45) is 10.5 Å². The number of rotatable bonds is 2. The smallest absolute Gasteiger partial charge is 0.254 e. The van der Waals surface area contributed by atoms with Crippen LogP contribution >= 0.6 is 0 Å². The lowest BCUT2D eigenvalue weighted by Gasteiger charge is -2.32. The van der Waals surface area contributed by atoms with Gasteiger partial charge >= 0.3 is 0 Å². The molecule has 1 aromatic rings. The molecule has 5 heteroatoms. The maximum Gasteiger partial charge on any atom is 0.254 e. The summed E-state index contributed by atoms with van der Waals surface area (Å²) >= 11 is 0. The Morgan fingerprint density at radius 2 is 2.09 bits per heavy atom. The number of nitrogens with zero attached hydrogens (tertiary/aromatic N) is 2. The molecule has 0 heterocycles. The molecule has 0 spiro atoms. The summed E-state index contributed by atoms with van der Waals surface area (Å²) in [5.74, 6) is -0.661. The first kappa shape index (κ1) is 15.9. The lowest BCUT2D eigenvalue weighted by Crippen LogP contribution is -2.41. The van der Waals surface area contributed by atoms with Gasteiger partial charge in [0.15, 0.2) is 0 Å². The summed E-state index contributed by atoms with van der Waals surface area (Å²) in [6.07, 6.45) is 0.407. The topological polar surface area (TPSA) is 82.3 Å². The van der Waals surface area contributed by atoms with Crippen molar-refractivity contribution in [3.05, 3.63) is 34.4 Å². The van der Waals surface area contributed by atoms with E-state index in [1.54, 1.807) is 6.07 Å². The number of aryl methyl sites for hydroxylation is 2. The summed E-state index contributed by atoms with van der Waals surface area (Å²) < 4.78 is 0. The average molecular weight is 297 g/mol. The summed E-state index contributed by atoms with van der Waals surface area (Å²) in [7, 11) is 0. The third-order valence-electron chi connectivity index (χ3n) is 3.81. The van der Waals surface area contributed by atoms with Gasteiger partial charge in [-0.2, -0.15) is 10.4 Å². The summed E-state index contributed by atoms with van der Waals surface area (Å²) in [6.45, 7) is 7.78. The number of ketones is 1. The molecule has 0 unspecified atom stereocenters. The fourth-order valence-corrected chi connectivity index (χ4v) is 2.94. The molecule has 0 fully saturated rings. The van der Waals surface area contributed by atoms with Crippen LogP contribution in [0.3, 0.4) is 0 Å². The minimum Gasteiger partial charge on any atom is -0.287 e. The number of carbonyl (C=O) groups is 2. The molecule has 0 radical (unpaired) electrons. The molecule has 0 aromatic heterocycles. The van der Waals surface area contributed by atoms with Crippen molar-refractivity contribution >= 4 is 17.4 Å². The van der Waals surface area contributed by atoms with Crippen LogP contribution in [0.2, 0.25) is 0 Å². The fourth-order valence-electron chi connectivity index (χ4n) is 2.94. The van der Waals surface area contributed by atoms with E-state index >= 15 is 0 Å². The van der Waals surface area contributed by atoms with Gasteiger partial charge < -0.3 is 0 Å². The van der Waals surface area contributed by atoms with Gasteiger partial charge in [-0.05, 0) is 31.4 Å². The first-order valence-electron chi connectivity index (χ1n) is 7.15. The molecule has 0 aliphatic heterocycles. The van der Waals surface area contributed by atoms with Crippen molar-refractivity contribution < 1.29 is 9.59 Å². The SMILES string of the molecule is Cc1cc(C)c2c(c1)CC(C)(C)C(=NNC(=O)CC#N)C2=O. The van der Waals surface area contributed by atoms with Gasteiger partial charge in [0.25, 0.3) is 5.91 Å². The molecule has 0 saturated carbocycles. The van der Waals surface area contributed by atoms with E-state index in [2.05, 4.69) is 10.5 Å². The molecule has 1 amide bonds. The number of benzene rings is 1. The minimum atomic E-state index is -0.509. The van der Waals surface area contributed by atoms with E-state index in [0.29, 0.717) is 17.7 Å². The van der Waals surface area contributed by atoms with Crippen LogP contribution in [0.25, 0.3) is 0 Å². The number of carbonyl (C=O) groups excluding carboxylic acids is 2. The van der Waals surface area contributed by atoms with E-state index in [4.69, 9.17) is 5.26 Å². The number of fused-ring (bicyclic) bond motifs is 1. The van der Waals surface area contributed by atoms with Gasteiger partial charge in [0.1, 0.15) is 12.1 Å². The monoisotopic (exact) mass is 297 g/mol. The quantitative estimate of drug-likeness (QED) is 0.851. The highest BCUT2D eigenvalue weighted by atomic mass is 16.2. The van der Waals surface area contributed by atoms with Gasteiger partial charge in [0, 0.05) is 11.0 Å². The van der Waals surface area contributed by atoms with Crippen molar-refractivity contribution in [3.63, 3.8) is 0 Å². The second-order valence-electron chi connectivity index (χ2n) is 6.34. The number of hydrogen-bond donors (Lipinski definition) is 1. The van der Waals surface area contributed by atoms with Gasteiger partial charge in [-0.3, -0.25) is 9.59 Å². The predicted molar refractivity (Wildman–Crippen MR) is 83.5 cm³/mol. The zero-order valence-corrected chi connectivity index (χ0v) is 13.3. The van der Waals surface area contributed by atoms with Crippen molar-refractivity contribution in [3.8, 4) is 6.07 Å². The summed E-state index contributed by atoms with van der Waals surface area (Å²) in [6, 6.07) is 5.76. The highest BCUT2D eigenvalue weighted by molar-refractivity contribution is 6.49. The Morgan fingerprint density at radius 1 is 1.41 bits per heavy atom. The second-order valence-corrected chi connectivity index (χ2v) is 6.34. The standard InChI is InChI=1S/C17H19N3O2/c1-10-7-11(2)14-12(8-10)9-17(3,4)16(15(14)22)20-19-13(21)5-6-18/h7-8H,5,9H2,1-4H3,(H,19,21). The van der Waals surface area contributed by atoms with Crippen molar-refractivity contribution in [1.29, 1.82) is 5.26 Å². The van der Waals surface area contributed by atoms with Crippen LogP contribution in [0.1, 0.15) is 47.3 Å². The fraction of sp³-hybridized carbons (Fsp3) is 0.412. The van der Waals surface area contributed by atoms with E-state index in [9.17, 15) is 9.59 Å². The number of nitriles is 1. The van der Waals surface area contributed by atoms with Crippen LogP contribution in [0.15, 0.2) is 17.2 Å². The minimum absolute atomic E-state index is 0.152. The molecule has 2 rings (SSSR count). The molecule has 1 aliphatic rings. The number of hydrazone groups is 1. The zero-order valence-electron chi connectivity index (χ0n) is 13.3. The van der Waals surface area contributed by atoms with Crippen LogP contribution in [-0.4, -0.2) is 17.4 Å². The number of hydrogen-bond acceptors (Lipinski definition) is 4. The molecular formula is C17H19N3O2. The van der Waals surface area contributed by atoms with Gasteiger partial charge in [-0.15, -0.1) is 0 Å². The molecule has 114 valence electrons. The third-order valence-corrected chi connectivity index (χ3v) is 3.81. The van der Waals surface area contributed by atoms with E-state index in [1.807, 2.05) is 39.8 Å². The van der Waals surface area contributed by atoms with Crippen LogP contribution in [0.5, 0.6) is 0 Å². The van der Waals surface area contributed by atoms with Gasteiger partial charge in [-0.25, -0.2) is 5.43 Å². The van der Waals surface area contributed by atoms with Gasteiger partial charge in [-0.1, -0.05) is 31.5 Å². The molecule has 1 aliphatic carbocycles. The molecule has 5 nitrogen and oxygen atoms in total. The predicted octanol–water partition coefficient (Wildman–Crippen LogP) is 2.45. The lowest BCUT2D eigenvalue weighted by atomic mass is 9.71. The first-order valence-corrected chi connectivity index (χ1v) is 7.15. The third kappa shape index (κ3) is 2.91. The van der Waals surface area contributed by atoms with Crippen LogP contribution in [0, 0.1) is 30.6 Å². The summed E-state index contributed by atoms with van der Waals surface area (Å²) in [5.41, 5.74) is 5.92. The molecule has 1 aromatic carbocycles. The number of amides is 1. The van der Waals surface area contributed by atoms with Crippen molar-refractivity contribution in [1.82, 2.24) is 5.43 Å². The number of Topliss-reactive ketones (excluding diaryl/α,β-unsaturated/α-hetero) is 1. The molecule has 0 saturated heterocycles. The lowest BCUT2D eigenvalue weighted by molar-refractivity contribution is -0.120. The highest BCUT2D eigenvalue weighted by Gasteiger charge is 2.39. The van der Waals surface area contributed by atoms with E-state index < -0.39 is 11.3 Å². The number of nitrogens with one attached hydrogen (secondary N) is 1. The van der Waals surface area contributed by atoms with Crippen LogP contribution < -0.4 is 5.43 Å². The van der Waals surface area contributed by atoms with E-state index in [0.717, 1.165) is 16.7 Å². The summed E-state index contributed by atoms with van der Waals surface area (Å²) in [4.78, 5) is 24.2. The van der Waals surface area contributed by atoms with Crippen molar-refractivity contribution in [2.45, 2.75) is 40.5 Å². The largest absolute Gasteiger partial charge is 0.287 e. The zero-order chi connectivity index (χ0) is 16.5. The summed E-state index contributed by atoms with van der Waals surface area (Å²) in [5, 5.41) is 12.5. The molecule has 22 heavy (non-hydrogen) atoms. The normalized spacial score (nSPS) is 17.8. The van der Waals surface area contributed by atoms with Crippen LogP contribution in [0.4, 0.5) is 0 Å².